The van der Waals surface area contributed by atoms with Gasteiger partial charge in [0, 0.05) is 30.6 Å². The van der Waals surface area contributed by atoms with Crippen molar-refractivity contribution in [2.24, 2.45) is 5.92 Å². The summed E-state index contributed by atoms with van der Waals surface area (Å²) in [6, 6.07) is 0.579. The Morgan fingerprint density at radius 2 is 1.79 bits per heavy atom. The number of hydrogen-bond donors (Lipinski definition) is 1. The first-order valence-electron chi connectivity index (χ1n) is 7.81. The number of hydrogen-bond acceptors (Lipinski definition) is 3. The monoisotopic (exact) mass is 284 g/mol. The second-order valence-electron chi connectivity index (χ2n) is 6.16. The van der Waals surface area contributed by atoms with Gasteiger partial charge in [0.25, 0.3) is 0 Å². The molecule has 0 spiro atoms. The molecule has 0 radical (unpaired) electrons. The first-order chi connectivity index (χ1) is 9.18. The minimum absolute atomic E-state index is 0.0196. The molecule has 0 bridgehead atoms. The number of thioether (sulfide) groups is 1. The lowest BCUT2D eigenvalue weighted by molar-refractivity contribution is -0.134. The maximum atomic E-state index is 12.7. The highest BCUT2D eigenvalue weighted by Gasteiger charge is 2.30. The summed E-state index contributed by atoms with van der Waals surface area (Å²) in [5.74, 6) is 2.91. The van der Waals surface area contributed by atoms with Crippen LogP contribution in [0, 0.1) is 5.92 Å². The average molecular weight is 284 g/mol. The SMILES string of the molecule is CC(C)[C@H](NC1CCCCC1)C(=O)N1CCSCC1. The van der Waals surface area contributed by atoms with Gasteiger partial charge in [-0.05, 0) is 18.8 Å². The van der Waals surface area contributed by atoms with Crippen LogP contribution in [0.5, 0.6) is 0 Å². The fraction of sp³-hybridized carbons (Fsp3) is 0.933. The first kappa shape index (κ1) is 15.2. The normalized spacial score (nSPS) is 23.6. The van der Waals surface area contributed by atoms with Crippen molar-refractivity contribution in [1.29, 1.82) is 0 Å². The molecule has 0 aromatic rings. The number of carbonyl (C=O) groups is 1. The minimum atomic E-state index is 0.0196. The van der Waals surface area contributed by atoms with Crippen molar-refractivity contribution in [1.82, 2.24) is 10.2 Å². The number of rotatable bonds is 4. The number of nitrogens with zero attached hydrogens (tertiary/aromatic N) is 1. The molecule has 2 aliphatic rings. The minimum Gasteiger partial charge on any atom is -0.340 e. The summed E-state index contributed by atoms with van der Waals surface area (Å²) >= 11 is 1.96. The van der Waals surface area contributed by atoms with Gasteiger partial charge in [-0.1, -0.05) is 33.1 Å². The zero-order valence-electron chi connectivity index (χ0n) is 12.4. The zero-order valence-corrected chi connectivity index (χ0v) is 13.2. The molecule has 4 heteroatoms. The summed E-state index contributed by atoms with van der Waals surface area (Å²) < 4.78 is 0. The maximum absolute atomic E-state index is 12.7. The van der Waals surface area contributed by atoms with E-state index in [1.807, 2.05) is 11.8 Å². The molecule has 0 aromatic heterocycles. The van der Waals surface area contributed by atoms with Crippen molar-refractivity contribution in [3.63, 3.8) is 0 Å². The van der Waals surface area contributed by atoms with Gasteiger partial charge >= 0.3 is 0 Å². The Morgan fingerprint density at radius 1 is 1.16 bits per heavy atom. The summed E-state index contributed by atoms with van der Waals surface area (Å²) in [4.78, 5) is 14.7. The summed E-state index contributed by atoms with van der Waals surface area (Å²) in [5, 5.41) is 3.65. The fourth-order valence-electron chi connectivity index (χ4n) is 3.05. The molecule has 110 valence electrons. The van der Waals surface area contributed by atoms with Gasteiger partial charge in [0.15, 0.2) is 0 Å². The molecular weight excluding hydrogens is 256 g/mol. The summed E-state index contributed by atoms with van der Waals surface area (Å²) in [6.45, 7) is 6.19. The highest BCUT2D eigenvalue weighted by Crippen LogP contribution is 2.20. The van der Waals surface area contributed by atoms with E-state index in [4.69, 9.17) is 0 Å². The quantitative estimate of drug-likeness (QED) is 0.861. The predicted molar refractivity (Wildman–Crippen MR) is 82.5 cm³/mol. The molecule has 2 rings (SSSR count). The maximum Gasteiger partial charge on any atom is 0.240 e. The van der Waals surface area contributed by atoms with Gasteiger partial charge in [-0.15, -0.1) is 0 Å². The second kappa shape index (κ2) is 7.53. The molecule has 19 heavy (non-hydrogen) atoms. The molecule has 3 nitrogen and oxygen atoms in total. The van der Waals surface area contributed by atoms with Gasteiger partial charge in [-0.3, -0.25) is 4.79 Å². The van der Waals surface area contributed by atoms with Crippen LogP contribution >= 0.6 is 11.8 Å². The zero-order chi connectivity index (χ0) is 13.7. The van der Waals surface area contributed by atoms with E-state index in [9.17, 15) is 4.79 Å². The number of amides is 1. The van der Waals surface area contributed by atoms with Crippen LogP contribution in [0.2, 0.25) is 0 Å². The van der Waals surface area contributed by atoms with Crippen LogP contribution in [0.15, 0.2) is 0 Å². The molecule has 1 saturated heterocycles. The van der Waals surface area contributed by atoms with E-state index in [0.717, 1.165) is 24.6 Å². The van der Waals surface area contributed by atoms with E-state index >= 15 is 0 Å². The van der Waals surface area contributed by atoms with Gasteiger partial charge in [-0.25, -0.2) is 0 Å². The van der Waals surface area contributed by atoms with E-state index in [1.165, 1.54) is 32.1 Å². The molecular formula is C15H28N2OS. The van der Waals surface area contributed by atoms with Crippen LogP contribution < -0.4 is 5.32 Å². The Kier molecular flexibility index (Phi) is 6.02. The summed E-state index contributed by atoms with van der Waals surface area (Å²) in [6.07, 6.45) is 6.48. The largest absolute Gasteiger partial charge is 0.340 e. The summed E-state index contributed by atoms with van der Waals surface area (Å²) in [5.41, 5.74) is 0. The first-order valence-corrected chi connectivity index (χ1v) is 8.96. The lowest BCUT2D eigenvalue weighted by atomic mass is 9.93. The predicted octanol–water partition coefficient (Wildman–Crippen LogP) is 2.51. The Balaban J connectivity index is 1.91. The molecule has 1 amide bonds. The van der Waals surface area contributed by atoms with Crippen LogP contribution in [0.1, 0.15) is 46.0 Å². The van der Waals surface area contributed by atoms with Gasteiger partial charge < -0.3 is 10.2 Å². The smallest absolute Gasteiger partial charge is 0.240 e. The Labute approximate surface area is 121 Å². The molecule has 0 unspecified atom stereocenters. The van der Waals surface area contributed by atoms with Crippen molar-refractivity contribution in [3.8, 4) is 0 Å². The second-order valence-corrected chi connectivity index (χ2v) is 7.39. The Hall–Kier alpha value is -0.220. The molecule has 1 aliphatic heterocycles. The van der Waals surface area contributed by atoms with E-state index in [0.29, 0.717) is 17.9 Å². The molecule has 1 atom stereocenters. The van der Waals surface area contributed by atoms with Gasteiger partial charge in [0.05, 0.1) is 6.04 Å². The van der Waals surface area contributed by atoms with E-state index in [1.54, 1.807) is 0 Å². The lowest BCUT2D eigenvalue weighted by Gasteiger charge is -2.35. The van der Waals surface area contributed by atoms with Gasteiger partial charge in [0.2, 0.25) is 5.91 Å². The molecule has 2 fully saturated rings. The summed E-state index contributed by atoms with van der Waals surface area (Å²) in [7, 11) is 0. The lowest BCUT2D eigenvalue weighted by Crippen LogP contribution is -2.54. The topological polar surface area (TPSA) is 32.3 Å². The Bertz CT molecular complexity index is 284. The van der Waals surface area contributed by atoms with Crippen molar-refractivity contribution in [2.75, 3.05) is 24.6 Å². The van der Waals surface area contributed by atoms with Gasteiger partial charge in [-0.2, -0.15) is 11.8 Å². The molecule has 1 heterocycles. The van der Waals surface area contributed by atoms with E-state index in [2.05, 4.69) is 24.1 Å². The molecule has 1 N–H and O–H groups in total. The van der Waals surface area contributed by atoms with Gasteiger partial charge in [0.1, 0.15) is 0 Å². The molecule has 1 aliphatic carbocycles. The van der Waals surface area contributed by atoms with Crippen molar-refractivity contribution in [3.05, 3.63) is 0 Å². The average Bonchev–Trinajstić information content (AvgIpc) is 2.46. The van der Waals surface area contributed by atoms with Crippen LogP contribution in [-0.2, 0) is 4.79 Å². The van der Waals surface area contributed by atoms with E-state index in [-0.39, 0.29) is 6.04 Å². The van der Waals surface area contributed by atoms with Crippen LogP contribution in [0.3, 0.4) is 0 Å². The number of nitrogens with one attached hydrogen (secondary N) is 1. The van der Waals surface area contributed by atoms with Crippen molar-refractivity contribution < 1.29 is 4.79 Å². The van der Waals surface area contributed by atoms with Crippen LogP contribution in [-0.4, -0.2) is 47.5 Å². The highest BCUT2D eigenvalue weighted by atomic mass is 32.2. The van der Waals surface area contributed by atoms with E-state index < -0.39 is 0 Å². The third kappa shape index (κ3) is 4.38. The van der Waals surface area contributed by atoms with Crippen molar-refractivity contribution >= 4 is 17.7 Å². The standard InChI is InChI=1S/C15H28N2OS/c1-12(2)14(16-13-6-4-3-5-7-13)15(18)17-8-10-19-11-9-17/h12-14,16H,3-11H2,1-2H3/t14-/m0/s1. The van der Waals surface area contributed by atoms with Crippen LogP contribution in [0.4, 0.5) is 0 Å². The molecule has 1 saturated carbocycles. The third-order valence-corrected chi connectivity index (χ3v) is 5.22. The number of carbonyl (C=O) groups excluding carboxylic acids is 1. The molecule has 0 aromatic carbocycles. The van der Waals surface area contributed by atoms with Crippen LogP contribution in [0.25, 0.3) is 0 Å². The Morgan fingerprint density at radius 3 is 2.37 bits per heavy atom. The fourth-order valence-corrected chi connectivity index (χ4v) is 3.96. The third-order valence-electron chi connectivity index (χ3n) is 4.28. The highest BCUT2D eigenvalue weighted by molar-refractivity contribution is 7.99. The van der Waals surface area contributed by atoms with Crippen molar-refractivity contribution in [2.45, 2.75) is 58.0 Å².